The van der Waals surface area contributed by atoms with Crippen LogP contribution in [0.2, 0.25) is 5.02 Å². The third kappa shape index (κ3) is 3.15. The lowest BCUT2D eigenvalue weighted by Gasteiger charge is -2.26. The first-order chi connectivity index (χ1) is 8.93. The topological polar surface area (TPSA) is 21.3 Å². The van der Waals surface area contributed by atoms with Crippen LogP contribution < -0.4 is 10.1 Å². The normalized spacial score (nSPS) is 20.4. The molecule has 1 N–H and O–H groups in total. The fourth-order valence-electron chi connectivity index (χ4n) is 2.36. The van der Waals surface area contributed by atoms with E-state index < -0.39 is 11.7 Å². The fourth-order valence-corrected chi connectivity index (χ4v) is 2.70. The largest absolute Gasteiger partial charge is 0.496 e. The van der Waals surface area contributed by atoms with Crippen molar-refractivity contribution in [2.45, 2.75) is 31.5 Å². The number of hydrogen-bond donors (Lipinski definition) is 1. The Morgan fingerprint density at radius 2 is 2.05 bits per heavy atom. The Hall–Kier alpha value is -0.940. The van der Waals surface area contributed by atoms with Gasteiger partial charge in [-0.1, -0.05) is 18.0 Å². The second-order valence-corrected chi connectivity index (χ2v) is 4.98. The highest BCUT2D eigenvalue weighted by molar-refractivity contribution is 6.31. The highest BCUT2D eigenvalue weighted by Gasteiger charge is 2.33. The zero-order valence-corrected chi connectivity index (χ0v) is 11.2. The first-order valence-corrected chi connectivity index (χ1v) is 6.49. The summed E-state index contributed by atoms with van der Waals surface area (Å²) < 4.78 is 43.3. The van der Waals surface area contributed by atoms with Gasteiger partial charge in [-0.25, -0.2) is 0 Å². The highest BCUT2D eigenvalue weighted by atomic mass is 35.5. The van der Waals surface area contributed by atoms with Crippen molar-refractivity contribution in [1.29, 1.82) is 0 Å². The molecule has 0 saturated carbocycles. The molecule has 0 aliphatic carbocycles. The molecule has 6 heteroatoms. The molecule has 1 aromatic rings. The Labute approximate surface area is 114 Å². The first kappa shape index (κ1) is 14.5. The van der Waals surface area contributed by atoms with Crippen molar-refractivity contribution in [3.8, 4) is 5.75 Å². The van der Waals surface area contributed by atoms with E-state index >= 15 is 0 Å². The molecular weight excluding hydrogens is 279 g/mol. The summed E-state index contributed by atoms with van der Waals surface area (Å²) in [6.45, 7) is 0.838. The Balaban J connectivity index is 2.43. The summed E-state index contributed by atoms with van der Waals surface area (Å²) in [5.74, 6) is 0.194. The Morgan fingerprint density at radius 3 is 2.58 bits per heavy atom. The van der Waals surface area contributed by atoms with Gasteiger partial charge in [0.2, 0.25) is 0 Å². The number of rotatable bonds is 2. The SMILES string of the molecule is COc1cc(C(F)(F)F)cc(Cl)c1C1CCCCN1. The molecule has 2 nitrogen and oxygen atoms in total. The van der Waals surface area contributed by atoms with Crippen LogP contribution in [0.4, 0.5) is 13.2 Å². The van der Waals surface area contributed by atoms with Gasteiger partial charge in [0.15, 0.2) is 0 Å². The molecule has 1 heterocycles. The molecular formula is C13H15ClF3NO. The summed E-state index contributed by atoms with van der Waals surface area (Å²) >= 11 is 6.03. The fraction of sp³-hybridized carbons (Fsp3) is 0.538. The highest BCUT2D eigenvalue weighted by Crippen LogP contribution is 2.41. The first-order valence-electron chi connectivity index (χ1n) is 6.11. The Kier molecular flexibility index (Phi) is 4.26. The van der Waals surface area contributed by atoms with E-state index in [1.807, 2.05) is 0 Å². The van der Waals surface area contributed by atoms with Crippen LogP contribution in [-0.2, 0) is 6.18 Å². The smallest absolute Gasteiger partial charge is 0.416 e. The van der Waals surface area contributed by atoms with Crippen LogP contribution in [0.25, 0.3) is 0 Å². The summed E-state index contributed by atoms with van der Waals surface area (Å²) in [6.07, 6.45) is -1.48. The number of methoxy groups -OCH3 is 1. The standard InChI is InChI=1S/C13H15ClF3NO/c1-19-11-7-8(13(15,16)17)6-9(14)12(11)10-4-2-3-5-18-10/h6-7,10,18H,2-5H2,1H3. The second kappa shape index (κ2) is 5.59. The van der Waals surface area contributed by atoms with Crippen LogP contribution >= 0.6 is 11.6 Å². The van der Waals surface area contributed by atoms with E-state index in [2.05, 4.69) is 5.32 Å². The van der Waals surface area contributed by atoms with Crippen molar-refractivity contribution in [2.24, 2.45) is 0 Å². The number of alkyl halides is 3. The van der Waals surface area contributed by atoms with Crippen LogP contribution in [0, 0.1) is 0 Å². The van der Waals surface area contributed by atoms with Crippen molar-refractivity contribution >= 4 is 11.6 Å². The van der Waals surface area contributed by atoms with Crippen LogP contribution in [-0.4, -0.2) is 13.7 Å². The van der Waals surface area contributed by atoms with E-state index in [4.69, 9.17) is 16.3 Å². The molecule has 1 aliphatic heterocycles. The van der Waals surface area contributed by atoms with Gasteiger partial charge in [-0.05, 0) is 31.5 Å². The molecule has 19 heavy (non-hydrogen) atoms. The molecule has 0 amide bonds. The van der Waals surface area contributed by atoms with E-state index in [-0.39, 0.29) is 16.8 Å². The van der Waals surface area contributed by atoms with Gasteiger partial charge >= 0.3 is 6.18 Å². The summed E-state index contributed by atoms with van der Waals surface area (Å²) in [6, 6.07) is 1.94. The molecule has 1 aromatic carbocycles. The number of ether oxygens (including phenoxy) is 1. The van der Waals surface area contributed by atoms with Gasteiger partial charge in [0.05, 0.1) is 12.7 Å². The predicted octanol–water partition coefficient (Wildman–Crippen LogP) is 4.18. The average molecular weight is 294 g/mol. The molecule has 1 atom stereocenters. The van der Waals surface area contributed by atoms with Gasteiger partial charge in [-0.2, -0.15) is 13.2 Å². The lowest BCUT2D eigenvalue weighted by atomic mass is 9.95. The van der Waals surface area contributed by atoms with E-state index in [0.29, 0.717) is 5.56 Å². The number of piperidine rings is 1. The summed E-state index contributed by atoms with van der Waals surface area (Å²) in [4.78, 5) is 0. The average Bonchev–Trinajstić information content (AvgIpc) is 2.37. The number of benzene rings is 1. The third-order valence-corrected chi connectivity index (χ3v) is 3.61. The maximum Gasteiger partial charge on any atom is 0.416 e. The second-order valence-electron chi connectivity index (χ2n) is 4.57. The van der Waals surface area contributed by atoms with Gasteiger partial charge in [0.25, 0.3) is 0 Å². The van der Waals surface area contributed by atoms with Crippen molar-refractivity contribution < 1.29 is 17.9 Å². The molecule has 0 radical (unpaired) electrons. The molecule has 0 bridgehead atoms. The minimum Gasteiger partial charge on any atom is -0.496 e. The lowest BCUT2D eigenvalue weighted by molar-refractivity contribution is -0.137. The zero-order chi connectivity index (χ0) is 14.0. The molecule has 1 fully saturated rings. The zero-order valence-electron chi connectivity index (χ0n) is 10.5. The van der Waals surface area contributed by atoms with Crippen molar-refractivity contribution in [2.75, 3.05) is 13.7 Å². The molecule has 1 aliphatic rings. The monoisotopic (exact) mass is 293 g/mol. The summed E-state index contributed by atoms with van der Waals surface area (Å²) in [7, 11) is 1.36. The molecule has 1 saturated heterocycles. The van der Waals surface area contributed by atoms with Crippen LogP contribution in [0.5, 0.6) is 5.75 Å². The summed E-state index contributed by atoms with van der Waals surface area (Å²) in [5, 5.41) is 3.37. The van der Waals surface area contributed by atoms with Gasteiger partial charge in [0, 0.05) is 16.6 Å². The van der Waals surface area contributed by atoms with Gasteiger partial charge in [-0.3, -0.25) is 0 Å². The van der Waals surface area contributed by atoms with Crippen molar-refractivity contribution in [1.82, 2.24) is 5.32 Å². The predicted molar refractivity (Wildman–Crippen MR) is 67.6 cm³/mol. The van der Waals surface area contributed by atoms with Crippen molar-refractivity contribution in [3.63, 3.8) is 0 Å². The quantitative estimate of drug-likeness (QED) is 0.883. The lowest BCUT2D eigenvalue weighted by Crippen LogP contribution is -2.27. The van der Waals surface area contributed by atoms with E-state index in [0.717, 1.165) is 37.9 Å². The van der Waals surface area contributed by atoms with E-state index in [1.165, 1.54) is 7.11 Å². The van der Waals surface area contributed by atoms with Gasteiger partial charge in [-0.15, -0.1) is 0 Å². The third-order valence-electron chi connectivity index (χ3n) is 3.30. The molecule has 0 spiro atoms. The Bertz CT molecular complexity index is 456. The Morgan fingerprint density at radius 1 is 1.32 bits per heavy atom. The molecule has 2 rings (SSSR count). The van der Waals surface area contributed by atoms with Gasteiger partial charge in [0.1, 0.15) is 5.75 Å². The number of halogens is 4. The minimum absolute atomic E-state index is 0.0431. The van der Waals surface area contributed by atoms with Crippen LogP contribution in [0.3, 0.4) is 0 Å². The summed E-state index contributed by atoms with van der Waals surface area (Å²) in [5.41, 5.74) is -0.161. The van der Waals surface area contributed by atoms with Crippen LogP contribution in [0.1, 0.15) is 36.4 Å². The van der Waals surface area contributed by atoms with E-state index in [9.17, 15) is 13.2 Å². The molecule has 1 unspecified atom stereocenters. The van der Waals surface area contributed by atoms with Crippen molar-refractivity contribution in [3.05, 3.63) is 28.3 Å². The van der Waals surface area contributed by atoms with Crippen LogP contribution in [0.15, 0.2) is 12.1 Å². The van der Waals surface area contributed by atoms with E-state index in [1.54, 1.807) is 0 Å². The molecule has 106 valence electrons. The maximum absolute atomic E-state index is 12.7. The van der Waals surface area contributed by atoms with Gasteiger partial charge < -0.3 is 10.1 Å². The minimum atomic E-state index is -4.42. The molecule has 0 aromatic heterocycles. The number of hydrogen-bond acceptors (Lipinski definition) is 2. The maximum atomic E-state index is 12.7. The number of nitrogens with one attached hydrogen (secondary N) is 1.